The lowest BCUT2D eigenvalue weighted by Crippen LogP contribution is -2.19. The van der Waals surface area contributed by atoms with Gasteiger partial charge in [-0.3, -0.25) is 10.1 Å². The molecule has 0 aliphatic heterocycles. The largest absolute Gasteiger partial charge is 0.480 e. The molecule has 9 heteroatoms. The van der Waals surface area contributed by atoms with E-state index in [0.29, 0.717) is 0 Å². The SMILES string of the molecule is O=[N+]([O-])c1ccc(Oc2ccccc2OCC(F)(F)F)nc1. The van der Waals surface area contributed by atoms with Crippen LogP contribution in [0.25, 0.3) is 0 Å². The Morgan fingerprint density at radius 1 is 1.14 bits per heavy atom. The summed E-state index contributed by atoms with van der Waals surface area (Å²) in [6.45, 7) is -1.46. The molecule has 0 aliphatic rings. The number of benzene rings is 1. The first-order valence-electron chi connectivity index (χ1n) is 5.92. The number of halogens is 3. The monoisotopic (exact) mass is 314 g/mol. The van der Waals surface area contributed by atoms with Crippen LogP contribution in [-0.4, -0.2) is 22.7 Å². The second kappa shape index (κ2) is 6.29. The van der Waals surface area contributed by atoms with Crippen LogP contribution in [0, 0.1) is 10.1 Å². The minimum Gasteiger partial charge on any atom is -0.480 e. The van der Waals surface area contributed by atoms with Crippen molar-refractivity contribution in [1.82, 2.24) is 4.98 Å². The van der Waals surface area contributed by atoms with Gasteiger partial charge in [0.05, 0.1) is 4.92 Å². The minimum atomic E-state index is -4.47. The van der Waals surface area contributed by atoms with Gasteiger partial charge in [-0.2, -0.15) is 13.2 Å². The van der Waals surface area contributed by atoms with E-state index in [4.69, 9.17) is 4.74 Å². The molecule has 0 spiro atoms. The van der Waals surface area contributed by atoms with Crippen molar-refractivity contribution in [2.75, 3.05) is 6.61 Å². The summed E-state index contributed by atoms with van der Waals surface area (Å²) in [6, 6.07) is 8.14. The summed E-state index contributed by atoms with van der Waals surface area (Å²) < 4.78 is 46.5. The Morgan fingerprint density at radius 2 is 1.82 bits per heavy atom. The highest BCUT2D eigenvalue weighted by atomic mass is 19.4. The normalized spacial score (nSPS) is 11.0. The highest BCUT2D eigenvalue weighted by Gasteiger charge is 2.29. The molecular formula is C13H9F3N2O4. The van der Waals surface area contributed by atoms with Crippen molar-refractivity contribution in [3.8, 4) is 17.4 Å². The van der Waals surface area contributed by atoms with Gasteiger partial charge in [0.1, 0.15) is 6.20 Å². The summed E-state index contributed by atoms with van der Waals surface area (Å²) in [5.41, 5.74) is -0.228. The molecule has 0 fully saturated rings. The minimum absolute atomic E-state index is 0.00587. The standard InChI is InChI=1S/C13H9F3N2O4/c14-13(15,16)8-21-10-3-1-2-4-11(10)22-12-6-5-9(7-17-12)18(19)20/h1-7H,8H2. The summed E-state index contributed by atoms with van der Waals surface area (Å²) in [4.78, 5) is 13.6. The molecule has 0 saturated heterocycles. The maximum absolute atomic E-state index is 12.2. The zero-order chi connectivity index (χ0) is 16.2. The van der Waals surface area contributed by atoms with Crippen LogP contribution in [0.15, 0.2) is 42.6 Å². The first kappa shape index (κ1) is 15.5. The molecule has 0 unspecified atom stereocenters. The number of nitrogens with zero attached hydrogens (tertiary/aromatic N) is 2. The van der Waals surface area contributed by atoms with Gasteiger partial charge in [-0.05, 0) is 12.1 Å². The van der Waals surface area contributed by atoms with E-state index in [-0.39, 0.29) is 23.1 Å². The van der Waals surface area contributed by atoms with E-state index in [9.17, 15) is 23.3 Å². The summed E-state index contributed by atoms with van der Waals surface area (Å²) in [5.74, 6) is -0.0956. The molecule has 1 aromatic heterocycles. The molecule has 116 valence electrons. The van der Waals surface area contributed by atoms with Gasteiger partial charge in [-0.1, -0.05) is 12.1 Å². The van der Waals surface area contributed by atoms with Crippen LogP contribution < -0.4 is 9.47 Å². The Bertz CT molecular complexity index is 659. The molecule has 0 aliphatic carbocycles. The number of rotatable bonds is 5. The lowest BCUT2D eigenvalue weighted by Gasteiger charge is -2.13. The third kappa shape index (κ3) is 4.33. The fourth-order valence-corrected chi connectivity index (χ4v) is 1.47. The van der Waals surface area contributed by atoms with Crippen LogP contribution in [-0.2, 0) is 0 Å². The Balaban J connectivity index is 2.13. The highest BCUT2D eigenvalue weighted by molar-refractivity contribution is 5.42. The van der Waals surface area contributed by atoms with Gasteiger partial charge in [0.25, 0.3) is 5.69 Å². The van der Waals surface area contributed by atoms with Crippen molar-refractivity contribution in [3.05, 3.63) is 52.7 Å². The van der Waals surface area contributed by atoms with Gasteiger partial charge in [-0.25, -0.2) is 4.98 Å². The maximum atomic E-state index is 12.2. The molecule has 1 aromatic carbocycles. The molecule has 2 aromatic rings. The van der Waals surface area contributed by atoms with E-state index in [0.717, 1.165) is 6.20 Å². The topological polar surface area (TPSA) is 74.5 Å². The van der Waals surface area contributed by atoms with E-state index in [1.165, 1.54) is 30.3 Å². The average molecular weight is 314 g/mol. The molecule has 0 amide bonds. The number of ether oxygens (including phenoxy) is 2. The van der Waals surface area contributed by atoms with Crippen LogP contribution in [0.5, 0.6) is 17.4 Å². The number of alkyl halides is 3. The molecule has 0 atom stereocenters. The summed E-state index contributed by atoms with van der Waals surface area (Å²) in [5, 5.41) is 10.5. The third-order valence-corrected chi connectivity index (χ3v) is 2.39. The third-order valence-electron chi connectivity index (χ3n) is 2.39. The van der Waals surface area contributed by atoms with E-state index < -0.39 is 17.7 Å². The first-order chi connectivity index (χ1) is 10.3. The number of aromatic nitrogens is 1. The lowest BCUT2D eigenvalue weighted by atomic mass is 10.3. The second-order valence-corrected chi connectivity index (χ2v) is 4.06. The number of hydrogen-bond acceptors (Lipinski definition) is 5. The van der Waals surface area contributed by atoms with E-state index in [1.807, 2.05) is 0 Å². The molecule has 22 heavy (non-hydrogen) atoms. The van der Waals surface area contributed by atoms with Gasteiger partial charge in [0.2, 0.25) is 5.88 Å². The van der Waals surface area contributed by atoms with E-state index >= 15 is 0 Å². The highest BCUT2D eigenvalue weighted by Crippen LogP contribution is 2.32. The molecule has 0 N–H and O–H groups in total. The number of hydrogen-bond donors (Lipinski definition) is 0. The van der Waals surface area contributed by atoms with E-state index in [2.05, 4.69) is 9.72 Å². The van der Waals surface area contributed by atoms with Gasteiger partial charge < -0.3 is 9.47 Å². The summed E-state index contributed by atoms with van der Waals surface area (Å²) in [6.07, 6.45) is -3.49. The lowest BCUT2D eigenvalue weighted by molar-refractivity contribution is -0.385. The van der Waals surface area contributed by atoms with Gasteiger partial charge >= 0.3 is 6.18 Å². The van der Waals surface area contributed by atoms with Crippen molar-refractivity contribution < 1.29 is 27.6 Å². The quantitative estimate of drug-likeness (QED) is 0.621. The molecule has 2 rings (SSSR count). The van der Waals surface area contributed by atoms with Gasteiger partial charge in [0.15, 0.2) is 18.1 Å². The second-order valence-electron chi connectivity index (χ2n) is 4.06. The van der Waals surface area contributed by atoms with Crippen LogP contribution in [0.3, 0.4) is 0 Å². The Morgan fingerprint density at radius 3 is 2.36 bits per heavy atom. The predicted molar refractivity (Wildman–Crippen MR) is 69.0 cm³/mol. The summed E-state index contributed by atoms with van der Waals surface area (Å²) in [7, 11) is 0. The van der Waals surface area contributed by atoms with E-state index in [1.54, 1.807) is 6.07 Å². The zero-order valence-electron chi connectivity index (χ0n) is 10.9. The van der Waals surface area contributed by atoms with Crippen molar-refractivity contribution in [3.63, 3.8) is 0 Å². The zero-order valence-corrected chi connectivity index (χ0v) is 10.9. The molecular weight excluding hydrogens is 305 g/mol. The maximum Gasteiger partial charge on any atom is 0.422 e. The molecule has 6 nitrogen and oxygen atoms in total. The number of para-hydroxylation sites is 2. The fourth-order valence-electron chi connectivity index (χ4n) is 1.47. The Hall–Kier alpha value is -2.84. The smallest absolute Gasteiger partial charge is 0.422 e. The van der Waals surface area contributed by atoms with Crippen LogP contribution >= 0.6 is 0 Å². The molecule has 0 saturated carbocycles. The van der Waals surface area contributed by atoms with Crippen molar-refractivity contribution in [2.45, 2.75) is 6.18 Å². The van der Waals surface area contributed by atoms with Crippen molar-refractivity contribution in [2.24, 2.45) is 0 Å². The fraction of sp³-hybridized carbons (Fsp3) is 0.154. The average Bonchev–Trinajstić information content (AvgIpc) is 2.46. The number of nitro groups is 1. The first-order valence-corrected chi connectivity index (χ1v) is 5.92. The van der Waals surface area contributed by atoms with Crippen LogP contribution in [0.4, 0.5) is 18.9 Å². The molecule has 1 heterocycles. The van der Waals surface area contributed by atoms with Crippen molar-refractivity contribution >= 4 is 5.69 Å². The van der Waals surface area contributed by atoms with Crippen LogP contribution in [0.2, 0.25) is 0 Å². The van der Waals surface area contributed by atoms with Crippen molar-refractivity contribution in [1.29, 1.82) is 0 Å². The summed E-state index contributed by atoms with van der Waals surface area (Å²) >= 11 is 0. The van der Waals surface area contributed by atoms with Gasteiger partial charge in [0, 0.05) is 12.1 Å². The molecule has 0 bridgehead atoms. The Labute approximate surface area is 122 Å². The Kier molecular flexibility index (Phi) is 4.44. The van der Waals surface area contributed by atoms with Gasteiger partial charge in [-0.15, -0.1) is 0 Å². The van der Waals surface area contributed by atoms with Crippen LogP contribution in [0.1, 0.15) is 0 Å². The predicted octanol–water partition coefficient (Wildman–Crippen LogP) is 3.72. The number of pyridine rings is 1. The molecule has 0 radical (unpaired) electrons.